The Morgan fingerprint density at radius 1 is 1.50 bits per heavy atom. The van der Waals surface area contributed by atoms with Crippen LogP contribution < -0.4 is 11.3 Å². The zero-order valence-corrected chi connectivity index (χ0v) is 10.3. The Morgan fingerprint density at radius 3 is 2.56 bits per heavy atom. The third-order valence-electron chi connectivity index (χ3n) is 3.46. The van der Waals surface area contributed by atoms with Crippen molar-refractivity contribution in [3.8, 4) is 0 Å². The minimum Gasteiger partial charge on any atom is -0.472 e. The topological polar surface area (TPSA) is 60.4 Å². The summed E-state index contributed by atoms with van der Waals surface area (Å²) in [7, 11) is 1.74. The molecule has 0 bridgehead atoms. The van der Waals surface area contributed by atoms with Gasteiger partial charge in [-0.15, -0.1) is 0 Å². The van der Waals surface area contributed by atoms with E-state index in [1.165, 1.54) is 0 Å². The van der Waals surface area contributed by atoms with Crippen LogP contribution in [0, 0.1) is 0 Å². The molecule has 0 aliphatic rings. The van der Waals surface area contributed by atoms with Gasteiger partial charge in [0.2, 0.25) is 0 Å². The molecule has 0 amide bonds. The smallest absolute Gasteiger partial charge is 0.0935 e. The van der Waals surface area contributed by atoms with Gasteiger partial charge >= 0.3 is 0 Å². The Balaban J connectivity index is 2.78. The molecule has 1 atom stereocenters. The van der Waals surface area contributed by atoms with E-state index in [1.807, 2.05) is 6.07 Å². The van der Waals surface area contributed by atoms with E-state index >= 15 is 0 Å². The van der Waals surface area contributed by atoms with Crippen molar-refractivity contribution in [1.82, 2.24) is 5.43 Å². The van der Waals surface area contributed by atoms with Crippen LogP contribution in [0.5, 0.6) is 0 Å². The summed E-state index contributed by atoms with van der Waals surface area (Å²) in [6.45, 7) is 4.24. The molecule has 4 heteroatoms. The average molecular weight is 226 g/mol. The van der Waals surface area contributed by atoms with E-state index < -0.39 is 0 Å². The molecule has 92 valence electrons. The first kappa shape index (κ1) is 13.2. The van der Waals surface area contributed by atoms with Crippen molar-refractivity contribution in [3.63, 3.8) is 0 Å². The Labute approximate surface area is 97.1 Å². The Morgan fingerprint density at radius 2 is 2.19 bits per heavy atom. The molecule has 0 spiro atoms. The van der Waals surface area contributed by atoms with Crippen LogP contribution in [0.3, 0.4) is 0 Å². The third kappa shape index (κ3) is 2.64. The van der Waals surface area contributed by atoms with Crippen LogP contribution in [0.4, 0.5) is 0 Å². The highest BCUT2D eigenvalue weighted by molar-refractivity contribution is 5.10. The minimum absolute atomic E-state index is 0.0881. The Bertz CT molecular complexity index is 273. The van der Waals surface area contributed by atoms with Crippen molar-refractivity contribution >= 4 is 0 Å². The highest BCUT2D eigenvalue weighted by Gasteiger charge is 2.35. The summed E-state index contributed by atoms with van der Waals surface area (Å²) < 4.78 is 10.7. The predicted octanol–water partition coefficient (Wildman–Crippen LogP) is 1.86. The van der Waals surface area contributed by atoms with Crippen molar-refractivity contribution < 1.29 is 9.15 Å². The summed E-state index contributed by atoms with van der Waals surface area (Å²) in [5.41, 5.74) is 3.78. The second kappa shape index (κ2) is 6.03. The highest BCUT2D eigenvalue weighted by atomic mass is 16.5. The standard InChI is InChI=1S/C12H22N2O2/c1-4-12(5-2,15-3)11(14-13)8-10-6-7-16-9-10/h6-7,9,11,14H,4-5,8,13H2,1-3H3. The number of hydrogen-bond donors (Lipinski definition) is 2. The fourth-order valence-electron chi connectivity index (χ4n) is 2.22. The van der Waals surface area contributed by atoms with Crippen LogP contribution in [0.1, 0.15) is 32.3 Å². The first-order valence-electron chi connectivity index (χ1n) is 5.74. The molecule has 1 aromatic rings. The van der Waals surface area contributed by atoms with Gasteiger partial charge in [0.25, 0.3) is 0 Å². The summed E-state index contributed by atoms with van der Waals surface area (Å²) in [5, 5.41) is 0. The summed E-state index contributed by atoms with van der Waals surface area (Å²) in [6, 6.07) is 2.04. The molecular formula is C12H22N2O2. The molecule has 1 rings (SSSR count). The zero-order valence-electron chi connectivity index (χ0n) is 10.3. The second-order valence-electron chi connectivity index (χ2n) is 4.03. The lowest BCUT2D eigenvalue weighted by Gasteiger charge is -2.38. The number of ether oxygens (including phenoxy) is 1. The largest absolute Gasteiger partial charge is 0.472 e. The van der Waals surface area contributed by atoms with E-state index in [-0.39, 0.29) is 11.6 Å². The van der Waals surface area contributed by atoms with Crippen LogP contribution in [0.2, 0.25) is 0 Å². The second-order valence-corrected chi connectivity index (χ2v) is 4.03. The molecule has 0 fully saturated rings. The van der Waals surface area contributed by atoms with E-state index in [2.05, 4.69) is 19.3 Å². The van der Waals surface area contributed by atoms with Crippen LogP contribution in [0.15, 0.2) is 23.0 Å². The lowest BCUT2D eigenvalue weighted by atomic mass is 9.85. The highest BCUT2D eigenvalue weighted by Crippen LogP contribution is 2.26. The first-order chi connectivity index (χ1) is 7.72. The van der Waals surface area contributed by atoms with Gasteiger partial charge in [-0.2, -0.15) is 0 Å². The first-order valence-corrected chi connectivity index (χ1v) is 5.74. The number of methoxy groups -OCH3 is 1. The summed E-state index contributed by atoms with van der Waals surface area (Å²) in [6.07, 6.45) is 6.08. The molecule has 1 aromatic heterocycles. The number of rotatable bonds is 7. The molecule has 0 radical (unpaired) electrons. The minimum atomic E-state index is -0.216. The van der Waals surface area contributed by atoms with Gasteiger partial charge in [-0.1, -0.05) is 13.8 Å². The number of nitrogens with one attached hydrogen (secondary N) is 1. The van der Waals surface area contributed by atoms with E-state index in [0.717, 1.165) is 24.8 Å². The van der Waals surface area contributed by atoms with Gasteiger partial charge in [-0.25, -0.2) is 0 Å². The van der Waals surface area contributed by atoms with Gasteiger partial charge in [0.1, 0.15) is 0 Å². The van der Waals surface area contributed by atoms with Gasteiger partial charge in [0.05, 0.1) is 24.2 Å². The summed E-state index contributed by atoms with van der Waals surface area (Å²) in [4.78, 5) is 0. The van der Waals surface area contributed by atoms with Crippen molar-refractivity contribution in [3.05, 3.63) is 24.2 Å². The summed E-state index contributed by atoms with van der Waals surface area (Å²) in [5.74, 6) is 5.64. The van der Waals surface area contributed by atoms with Crippen LogP contribution in [-0.2, 0) is 11.2 Å². The van der Waals surface area contributed by atoms with E-state index in [0.29, 0.717) is 0 Å². The third-order valence-corrected chi connectivity index (χ3v) is 3.46. The Kier molecular flexibility index (Phi) is 4.99. The fraction of sp³-hybridized carbons (Fsp3) is 0.667. The lowest BCUT2D eigenvalue weighted by Crippen LogP contribution is -2.55. The quantitative estimate of drug-likeness (QED) is 0.550. The molecule has 1 heterocycles. The van der Waals surface area contributed by atoms with Crippen LogP contribution in [0.25, 0.3) is 0 Å². The van der Waals surface area contributed by atoms with Gasteiger partial charge in [-0.05, 0) is 30.9 Å². The molecule has 16 heavy (non-hydrogen) atoms. The zero-order chi connectivity index (χ0) is 12.0. The SMILES string of the molecule is CCC(CC)(OC)C(Cc1ccoc1)NN. The summed E-state index contributed by atoms with van der Waals surface area (Å²) >= 11 is 0. The number of hydrazine groups is 1. The number of hydrogen-bond acceptors (Lipinski definition) is 4. The van der Waals surface area contributed by atoms with Gasteiger partial charge in [0, 0.05) is 7.11 Å². The molecule has 0 aromatic carbocycles. The van der Waals surface area contributed by atoms with Crippen LogP contribution >= 0.6 is 0 Å². The fourth-order valence-corrected chi connectivity index (χ4v) is 2.22. The van der Waals surface area contributed by atoms with Crippen molar-refractivity contribution in [2.75, 3.05) is 7.11 Å². The Hall–Kier alpha value is -0.840. The van der Waals surface area contributed by atoms with Crippen molar-refractivity contribution in [2.45, 2.75) is 44.8 Å². The van der Waals surface area contributed by atoms with Gasteiger partial charge in [-0.3, -0.25) is 11.3 Å². The normalized spacial score (nSPS) is 14.0. The maximum atomic E-state index is 5.66. The monoisotopic (exact) mass is 226 g/mol. The molecule has 0 aliphatic heterocycles. The average Bonchev–Trinajstić information content (AvgIpc) is 2.83. The van der Waals surface area contributed by atoms with Gasteiger partial charge in [0.15, 0.2) is 0 Å². The van der Waals surface area contributed by atoms with Gasteiger partial charge < -0.3 is 9.15 Å². The van der Waals surface area contributed by atoms with Crippen molar-refractivity contribution in [2.24, 2.45) is 5.84 Å². The van der Waals surface area contributed by atoms with E-state index in [1.54, 1.807) is 19.6 Å². The molecule has 0 saturated carbocycles. The van der Waals surface area contributed by atoms with Crippen molar-refractivity contribution in [1.29, 1.82) is 0 Å². The maximum Gasteiger partial charge on any atom is 0.0935 e. The predicted molar refractivity (Wildman–Crippen MR) is 63.8 cm³/mol. The molecular weight excluding hydrogens is 204 g/mol. The molecule has 1 unspecified atom stereocenters. The number of nitrogens with two attached hydrogens (primary N) is 1. The molecule has 0 aliphatic carbocycles. The van der Waals surface area contributed by atoms with Crippen LogP contribution in [-0.4, -0.2) is 18.8 Å². The lowest BCUT2D eigenvalue weighted by molar-refractivity contribution is -0.0473. The molecule has 0 saturated heterocycles. The maximum absolute atomic E-state index is 5.66. The number of furan rings is 1. The van der Waals surface area contributed by atoms with E-state index in [9.17, 15) is 0 Å². The molecule has 3 N–H and O–H groups in total. The van der Waals surface area contributed by atoms with E-state index in [4.69, 9.17) is 15.0 Å². The molecule has 4 nitrogen and oxygen atoms in total.